The minimum atomic E-state index is -1.13. The van der Waals surface area contributed by atoms with Gasteiger partial charge in [-0.25, -0.2) is 0 Å². The van der Waals surface area contributed by atoms with Gasteiger partial charge < -0.3 is 25.0 Å². The van der Waals surface area contributed by atoms with E-state index in [1.165, 1.54) is 6.92 Å². The first-order valence-corrected chi connectivity index (χ1v) is 5.82. The molecule has 0 bridgehead atoms. The molecule has 2 aliphatic rings. The highest BCUT2D eigenvalue weighted by molar-refractivity contribution is 5.93. The second-order valence-corrected chi connectivity index (χ2v) is 4.48. The molecule has 100 valence electrons. The maximum absolute atomic E-state index is 11.3. The number of Topliss-reactive ketones (excluding diaryl/α,β-unsaturated/α-hetero) is 1. The van der Waals surface area contributed by atoms with Gasteiger partial charge in [-0.05, 0) is 13.3 Å². The largest absolute Gasteiger partial charge is 0.394 e. The molecule has 2 aliphatic heterocycles. The standard InChI is InChI=1S/C12H17NO5/c1-7(15)8-3-2-4-13(5-8)12-11(17)10(16)9(6-14)18-12/h2,4-5,9-12,14,16-17H,3,6H2,1H3/t9-,10?,11+,12-/m1/s1. The number of hydrogen-bond acceptors (Lipinski definition) is 6. The second-order valence-electron chi connectivity index (χ2n) is 4.48. The number of rotatable bonds is 3. The topological polar surface area (TPSA) is 90.2 Å². The molecule has 0 radical (unpaired) electrons. The van der Waals surface area contributed by atoms with Crippen LogP contribution in [0.1, 0.15) is 13.3 Å². The van der Waals surface area contributed by atoms with Gasteiger partial charge in [0.15, 0.2) is 12.0 Å². The van der Waals surface area contributed by atoms with Crippen molar-refractivity contribution in [3.05, 3.63) is 24.0 Å². The number of aliphatic hydroxyl groups excluding tert-OH is 3. The van der Waals surface area contributed by atoms with E-state index in [1.54, 1.807) is 23.4 Å². The molecule has 0 aromatic rings. The summed E-state index contributed by atoms with van der Waals surface area (Å²) in [5.41, 5.74) is 0.607. The molecular formula is C12H17NO5. The highest BCUT2D eigenvalue weighted by atomic mass is 16.6. The van der Waals surface area contributed by atoms with Crippen LogP contribution in [0.15, 0.2) is 24.0 Å². The van der Waals surface area contributed by atoms with E-state index in [-0.39, 0.29) is 12.4 Å². The fraction of sp³-hybridized carbons (Fsp3) is 0.583. The van der Waals surface area contributed by atoms with Crippen LogP contribution in [0.2, 0.25) is 0 Å². The zero-order chi connectivity index (χ0) is 13.3. The predicted octanol–water partition coefficient (Wildman–Crippen LogP) is -0.882. The van der Waals surface area contributed by atoms with Crippen LogP contribution in [0.25, 0.3) is 0 Å². The lowest BCUT2D eigenvalue weighted by Crippen LogP contribution is -2.40. The number of carbonyl (C=O) groups excluding carboxylic acids is 1. The number of hydrogen-bond donors (Lipinski definition) is 3. The molecule has 0 saturated carbocycles. The van der Waals surface area contributed by atoms with E-state index in [9.17, 15) is 15.0 Å². The summed E-state index contributed by atoms with van der Waals surface area (Å²) in [4.78, 5) is 12.8. The van der Waals surface area contributed by atoms with Gasteiger partial charge >= 0.3 is 0 Å². The van der Waals surface area contributed by atoms with Crippen LogP contribution in [-0.4, -0.2) is 57.1 Å². The molecule has 2 rings (SSSR count). The van der Waals surface area contributed by atoms with E-state index < -0.39 is 24.5 Å². The maximum atomic E-state index is 11.3. The van der Waals surface area contributed by atoms with Crippen molar-refractivity contribution in [1.29, 1.82) is 0 Å². The Morgan fingerprint density at radius 2 is 2.22 bits per heavy atom. The Balaban J connectivity index is 2.15. The third-order valence-corrected chi connectivity index (χ3v) is 3.18. The van der Waals surface area contributed by atoms with Crippen molar-refractivity contribution in [2.45, 2.75) is 37.9 Å². The maximum Gasteiger partial charge on any atom is 0.162 e. The lowest BCUT2D eigenvalue weighted by Gasteiger charge is -2.28. The van der Waals surface area contributed by atoms with Crippen molar-refractivity contribution in [3.8, 4) is 0 Å². The lowest BCUT2D eigenvalue weighted by molar-refractivity contribution is -0.114. The van der Waals surface area contributed by atoms with Gasteiger partial charge in [0.2, 0.25) is 0 Å². The molecule has 6 heteroatoms. The SMILES string of the molecule is CC(=O)C1=CN([C@@H]2O[C@H](CO)C(O)[C@@H]2O)C=CC1. The fourth-order valence-corrected chi connectivity index (χ4v) is 2.10. The molecule has 0 spiro atoms. The second kappa shape index (κ2) is 5.19. The lowest BCUT2D eigenvalue weighted by atomic mass is 10.1. The van der Waals surface area contributed by atoms with E-state index in [0.717, 1.165) is 0 Å². The zero-order valence-electron chi connectivity index (χ0n) is 10.1. The van der Waals surface area contributed by atoms with E-state index in [4.69, 9.17) is 9.84 Å². The number of ether oxygens (including phenoxy) is 1. The Hall–Kier alpha value is -1.21. The van der Waals surface area contributed by atoms with Crippen molar-refractivity contribution in [2.24, 2.45) is 0 Å². The number of carbonyl (C=O) groups is 1. The molecule has 1 unspecified atom stereocenters. The summed E-state index contributed by atoms with van der Waals surface area (Å²) < 4.78 is 5.37. The summed E-state index contributed by atoms with van der Waals surface area (Å²) in [5.74, 6) is -0.0453. The van der Waals surface area contributed by atoms with Gasteiger partial charge in [0.25, 0.3) is 0 Å². The molecule has 6 nitrogen and oxygen atoms in total. The Labute approximate surface area is 105 Å². The Morgan fingerprint density at radius 1 is 1.50 bits per heavy atom. The molecule has 4 atom stereocenters. The van der Waals surface area contributed by atoms with Crippen LogP contribution in [-0.2, 0) is 9.53 Å². The number of allylic oxidation sites excluding steroid dienone is 2. The van der Waals surface area contributed by atoms with Crippen molar-refractivity contribution < 1.29 is 24.9 Å². The van der Waals surface area contributed by atoms with E-state index >= 15 is 0 Å². The molecule has 0 amide bonds. The highest BCUT2D eigenvalue weighted by Crippen LogP contribution is 2.27. The number of aliphatic hydroxyl groups is 3. The summed E-state index contributed by atoms with van der Waals surface area (Å²) in [6.07, 6.45) is 1.75. The van der Waals surface area contributed by atoms with Crippen LogP contribution in [0.4, 0.5) is 0 Å². The average Bonchev–Trinajstić information content (AvgIpc) is 2.66. The smallest absolute Gasteiger partial charge is 0.162 e. The normalized spacial score (nSPS) is 35.8. The fourth-order valence-electron chi connectivity index (χ4n) is 2.10. The van der Waals surface area contributed by atoms with Gasteiger partial charge in [-0.1, -0.05) is 6.08 Å². The van der Waals surface area contributed by atoms with Gasteiger partial charge in [0.1, 0.15) is 18.3 Å². The van der Waals surface area contributed by atoms with Gasteiger partial charge in [0, 0.05) is 18.0 Å². The molecule has 18 heavy (non-hydrogen) atoms. The molecule has 1 fully saturated rings. The molecule has 2 heterocycles. The first-order valence-electron chi connectivity index (χ1n) is 5.82. The summed E-state index contributed by atoms with van der Waals surface area (Å²) in [6.45, 7) is 1.11. The van der Waals surface area contributed by atoms with Crippen LogP contribution in [0.5, 0.6) is 0 Å². The average molecular weight is 255 g/mol. The van der Waals surface area contributed by atoms with Gasteiger partial charge in [-0.3, -0.25) is 4.79 Å². The minimum absolute atomic E-state index is 0.0453. The Bertz CT molecular complexity index is 392. The molecular weight excluding hydrogens is 238 g/mol. The van der Waals surface area contributed by atoms with Crippen molar-refractivity contribution in [1.82, 2.24) is 4.90 Å². The summed E-state index contributed by atoms with van der Waals surface area (Å²) >= 11 is 0. The third-order valence-electron chi connectivity index (χ3n) is 3.18. The monoisotopic (exact) mass is 255 g/mol. The molecule has 3 N–H and O–H groups in total. The summed E-state index contributed by atoms with van der Waals surface area (Å²) in [5, 5.41) is 28.5. The van der Waals surface area contributed by atoms with Crippen LogP contribution in [0, 0.1) is 0 Å². The third kappa shape index (κ3) is 2.32. The molecule has 0 aromatic heterocycles. The van der Waals surface area contributed by atoms with Crippen molar-refractivity contribution in [3.63, 3.8) is 0 Å². The van der Waals surface area contributed by atoms with Crippen molar-refractivity contribution >= 4 is 5.78 Å². The molecule has 1 saturated heterocycles. The van der Waals surface area contributed by atoms with Gasteiger partial charge in [0.05, 0.1) is 6.61 Å². The van der Waals surface area contributed by atoms with Crippen LogP contribution >= 0.6 is 0 Å². The first-order chi connectivity index (χ1) is 8.54. The summed E-state index contributed by atoms with van der Waals surface area (Å²) in [7, 11) is 0. The van der Waals surface area contributed by atoms with E-state index in [2.05, 4.69) is 0 Å². The van der Waals surface area contributed by atoms with Crippen molar-refractivity contribution in [2.75, 3.05) is 6.61 Å². The molecule has 0 aliphatic carbocycles. The molecule has 0 aromatic carbocycles. The minimum Gasteiger partial charge on any atom is -0.394 e. The predicted molar refractivity (Wildman–Crippen MR) is 62.1 cm³/mol. The Kier molecular flexibility index (Phi) is 3.82. The quantitative estimate of drug-likeness (QED) is 0.606. The van der Waals surface area contributed by atoms with E-state index in [0.29, 0.717) is 12.0 Å². The van der Waals surface area contributed by atoms with Crippen LogP contribution < -0.4 is 0 Å². The van der Waals surface area contributed by atoms with Crippen LogP contribution in [0.3, 0.4) is 0 Å². The first kappa shape index (κ1) is 13.2. The highest BCUT2D eigenvalue weighted by Gasteiger charge is 2.44. The number of ketones is 1. The van der Waals surface area contributed by atoms with E-state index in [1.807, 2.05) is 0 Å². The van der Waals surface area contributed by atoms with Gasteiger partial charge in [-0.2, -0.15) is 0 Å². The Morgan fingerprint density at radius 3 is 2.78 bits per heavy atom. The van der Waals surface area contributed by atoms with Gasteiger partial charge in [-0.15, -0.1) is 0 Å². The number of nitrogens with zero attached hydrogens (tertiary/aromatic N) is 1. The zero-order valence-corrected chi connectivity index (χ0v) is 10.1. The summed E-state index contributed by atoms with van der Waals surface area (Å²) in [6, 6.07) is 0.